The number of urea groups is 1. The Hall–Kier alpha value is -2.71. The van der Waals surface area contributed by atoms with Gasteiger partial charge in [0.15, 0.2) is 11.3 Å². The number of nitrogens with one attached hydrogen (secondary N) is 2. The van der Waals surface area contributed by atoms with Crippen LogP contribution in [0.3, 0.4) is 0 Å². The number of likely N-dealkylation sites (tertiary alicyclic amines) is 1. The first-order valence-corrected chi connectivity index (χ1v) is 8.68. The molecule has 0 radical (unpaired) electrons. The summed E-state index contributed by atoms with van der Waals surface area (Å²) in [5, 5.41) is 2.30. The summed E-state index contributed by atoms with van der Waals surface area (Å²) in [5.41, 5.74) is 3.48. The van der Waals surface area contributed by atoms with Crippen molar-refractivity contribution in [2.75, 3.05) is 19.6 Å². The van der Waals surface area contributed by atoms with Gasteiger partial charge in [-0.1, -0.05) is 13.3 Å². The Labute approximate surface area is 148 Å². The van der Waals surface area contributed by atoms with Crippen molar-refractivity contribution < 1.29 is 13.6 Å². The van der Waals surface area contributed by atoms with Crippen LogP contribution in [0, 0.1) is 5.92 Å². The number of H-pyrrole nitrogens is 1. The van der Waals surface area contributed by atoms with Gasteiger partial charge >= 0.3 is 6.03 Å². The van der Waals surface area contributed by atoms with Gasteiger partial charge in [0.25, 0.3) is 6.43 Å². The van der Waals surface area contributed by atoms with E-state index in [-0.39, 0.29) is 11.8 Å². The molecule has 4 rings (SSSR count). The number of aromatic nitrogens is 4. The first-order chi connectivity index (χ1) is 12.6. The Morgan fingerprint density at radius 1 is 1.38 bits per heavy atom. The van der Waals surface area contributed by atoms with Gasteiger partial charge in [0.05, 0.1) is 18.3 Å². The van der Waals surface area contributed by atoms with Crippen LogP contribution in [-0.4, -0.2) is 56.3 Å². The number of imidazole rings is 1. The first kappa shape index (κ1) is 16.7. The van der Waals surface area contributed by atoms with Crippen molar-refractivity contribution in [3.63, 3.8) is 0 Å². The second-order valence-electron chi connectivity index (χ2n) is 6.60. The second kappa shape index (κ2) is 6.54. The number of carbonyl (C=O) groups is 1. The summed E-state index contributed by atoms with van der Waals surface area (Å²) in [5.74, 6) is 0.335. The van der Waals surface area contributed by atoms with Crippen molar-refractivity contribution in [2.24, 2.45) is 5.92 Å². The van der Waals surface area contributed by atoms with Gasteiger partial charge in [-0.2, -0.15) is 0 Å². The highest BCUT2D eigenvalue weighted by molar-refractivity contribution is 5.76. The van der Waals surface area contributed by atoms with Crippen LogP contribution >= 0.6 is 0 Å². The van der Waals surface area contributed by atoms with E-state index in [0.29, 0.717) is 13.1 Å². The van der Waals surface area contributed by atoms with Crippen LogP contribution < -0.4 is 5.32 Å². The Morgan fingerprint density at radius 2 is 2.23 bits per heavy atom. The number of rotatable bonds is 4. The third-order valence-corrected chi connectivity index (χ3v) is 5.11. The molecule has 2 N–H and O–H groups in total. The van der Waals surface area contributed by atoms with Crippen LogP contribution in [0.4, 0.5) is 13.6 Å². The number of carbonyl (C=O) groups excluding carboxylic acids is 1. The van der Waals surface area contributed by atoms with Gasteiger partial charge in [-0.3, -0.25) is 4.40 Å². The number of hydrogen-bond acceptors (Lipinski definition) is 3. The van der Waals surface area contributed by atoms with Gasteiger partial charge in [-0.25, -0.2) is 23.5 Å². The largest absolute Gasteiger partial charge is 0.345 e. The number of fused-ring (bicyclic) bond motifs is 3. The van der Waals surface area contributed by atoms with E-state index >= 15 is 0 Å². The molecule has 1 saturated heterocycles. The molecule has 2 atom stereocenters. The summed E-state index contributed by atoms with van der Waals surface area (Å²) in [7, 11) is 0. The lowest BCUT2D eigenvalue weighted by atomic mass is 9.91. The Morgan fingerprint density at radius 3 is 3.00 bits per heavy atom. The van der Waals surface area contributed by atoms with Crippen molar-refractivity contribution in [1.82, 2.24) is 29.6 Å². The minimum absolute atomic E-state index is 0.0906. The second-order valence-corrected chi connectivity index (χ2v) is 6.60. The lowest BCUT2D eigenvalue weighted by Gasteiger charge is -2.17. The van der Waals surface area contributed by atoms with E-state index in [1.807, 2.05) is 18.5 Å². The van der Waals surface area contributed by atoms with Crippen molar-refractivity contribution in [3.8, 4) is 0 Å². The van der Waals surface area contributed by atoms with Gasteiger partial charge in [0.2, 0.25) is 0 Å². The number of nitrogens with zero attached hydrogens (tertiary/aromatic N) is 4. The molecule has 138 valence electrons. The normalized spacial score (nSPS) is 20.5. The Kier molecular flexibility index (Phi) is 4.21. The number of alkyl halides is 2. The van der Waals surface area contributed by atoms with Gasteiger partial charge in [0.1, 0.15) is 0 Å². The fourth-order valence-corrected chi connectivity index (χ4v) is 3.82. The van der Waals surface area contributed by atoms with E-state index in [1.165, 1.54) is 0 Å². The summed E-state index contributed by atoms with van der Waals surface area (Å²) < 4.78 is 26.8. The maximum absolute atomic E-state index is 12.4. The SMILES string of the molecule is CC[C@@H]1CN(C(=O)NCC(F)F)C[C@@H]1c1cnc2cnc3[nH]ccc3n12. The van der Waals surface area contributed by atoms with Gasteiger partial charge in [-0.05, 0) is 12.0 Å². The topological polar surface area (TPSA) is 78.3 Å². The minimum atomic E-state index is -2.55. The predicted octanol–water partition coefficient (Wildman–Crippen LogP) is 2.61. The van der Waals surface area contributed by atoms with Gasteiger partial charge in [0, 0.05) is 37.1 Å². The molecule has 0 unspecified atom stereocenters. The molecule has 0 aromatic carbocycles. The van der Waals surface area contributed by atoms with Crippen LogP contribution in [0.25, 0.3) is 16.8 Å². The Bertz CT molecular complexity index is 936. The summed E-state index contributed by atoms with van der Waals surface area (Å²) >= 11 is 0. The zero-order valence-electron chi connectivity index (χ0n) is 14.3. The number of aromatic amines is 1. The number of halogens is 2. The third kappa shape index (κ3) is 2.77. The molecule has 1 fully saturated rings. The fraction of sp³-hybridized carbons (Fsp3) is 0.471. The van der Waals surface area contributed by atoms with Gasteiger partial charge in [-0.15, -0.1) is 0 Å². The van der Waals surface area contributed by atoms with E-state index in [2.05, 4.69) is 31.6 Å². The van der Waals surface area contributed by atoms with Crippen LogP contribution in [0.5, 0.6) is 0 Å². The summed E-state index contributed by atoms with van der Waals surface area (Å²) in [6.45, 7) is 2.48. The number of amides is 2. The maximum atomic E-state index is 12.4. The lowest BCUT2D eigenvalue weighted by Crippen LogP contribution is -2.40. The predicted molar refractivity (Wildman–Crippen MR) is 92.3 cm³/mol. The summed E-state index contributed by atoms with van der Waals surface area (Å²) in [6.07, 6.45) is 3.71. The van der Waals surface area contributed by atoms with E-state index in [4.69, 9.17) is 0 Å². The highest BCUT2D eigenvalue weighted by Crippen LogP contribution is 2.35. The maximum Gasteiger partial charge on any atom is 0.317 e. The highest BCUT2D eigenvalue weighted by atomic mass is 19.3. The molecule has 2 amide bonds. The minimum Gasteiger partial charge on any atom is -0.345 e. The molecule has 1 aliphatic rings. The van der Waals surface area contributed by atoms with Gasteiger partial charge < -0.3 is 15.2 Å². The van der Waals surface area contributed by atoms with Crippen LogP contribution in [-0.2, 0) is 0 Å². The number of hydrogen-bond donors (Lipinski definition) is 2. The molecule has 0 saturated carbocycles. The van der Waals surface area contributed by atoms with Crippen molar-refractivity contribution >= 4 is 22.8 Å². The van der Waals surface area contributed by atoms with Crippen LogP contribution in [0.1, 0.15) is 25.0 Å². The molecular weight excluding hydrogens is 342 g/mol. The van der Waals surface area contributed by atoms with E-state index in [1.54, 1.807) is 11.1 Å². The van der Waals surface area contributed by atoms with E-state index < -0.39 is 19.0 Å². The summed E-state index contributed by atoms with van der Waals surface area (Å²) in [4.78, 5) is 25.7. The molecule has 7 nitrogen and oxygen atoms in total. The fourth-order valence-electron chi connectivity index (χ4n) is 3.82. The molecule has 3 aromatic heterocycles. The Balaban J connectivity index is 1.65. The van der Waals surface area contributed by atoms with Crippen molar-refractivity contribution in [1.29, 1.82) is 0 Å². The van der Waals surface area contributed by atoms with E-state index in [0.717, 1.165) is 28.9 Å². The smallest absolute Gasteiger partial charge is 0.317 e. The molecule has 1 aliphatic heterocycles. The molecule has 0 bridgehead atoms. The monoisotopic (exact) mass is 362 g/mol. The zero-order chi connectivity index (χ0) is 18.3. The molecule has 26 heavy (non-hydrogen) atoms. The molecule has 4 heterocycles. The van der Waals surface area contributed by atoms with Crippen molar-refractivity contribution in [3.05, 3.63) is 30.4 Å². The van der Waals surface area contributed by atoms with Crippen LogP contribution in [0.15, 0.2) is 24.7 Å². The zero-order valence-corrected chi connectivity index (χ0v) is 14.3. The highest BCUT2D eigenvalue weighted by Gasteiger charge is 2.37. The molecule has 0 aliphatic carbocycles. The quantitative estimate of drug-likeness (QED) is 0.749. The van der Waals surface area contributed by atoms with Crippen LogP contribution in [0.2, 0.25) is 0 Å². The third-order valence-electron chi connectivity index (χ3n) is 5.11. The first-order valence-electron chi connectivity index (χ1n) is 8.68. The molecule has 3 aromatic rings. The van der Waals surface area contributed by atoms with Crippen molar-refractivity contribution in [2.45, 2.75) is 25.7 Å². The molecule has 9 heteroatoms. The lowest BCUT2D eigenvalue weighted by molar-refractivity contribution is 0.141. The standard InChI is InChI=1S/C17H20F2N6O/c1-2-10-8-24(17(26)23-6-14(18)19)9-11(10)13-5-21-15-7-22-16-12(25(13)15)3-4-20-16/h3-5,7,10-11,14,20H,2,6,8-9H2,1H3,(H,23,26)/t10-,11+/m1/s1. The molecular formula is C17H20F2N6O. The summed E-state index contributed by atoms with van der Waals surface area (Å²) in [6, 6.07) is 1.51. The van der Waals surface area contributed by atoms with E-state index in [9.17, 15) is 13.6 Å². The average Bonchev–Trinajstić information content (AvgIpc) is 3.34. The average molecular weight is 362 g/mol. The molecule has 0 spiro atoms.